The molecule has 0 amide bonds. The van der Waals surface area contributed by atoms with Crippen molar-refractivity contribution in [1.82, 2.24) is 5.32 Å². The van der Waals surface area contributed by atoms with E-state index in [1.807, 2.05) is 24.8 Å². The zero-order valence-corrected chi connectivity index (χ0v) is 11.0. The van der Waals surface area contributed by atoms with Crippen LogP contribution in [0.1, 0.15) is 19.4 Å². The maximum absolute atomic E-state index is 11.1. The van der Waals surface area contributed by atoms with Crippen LogP contribution < -0.4 is 10.2 Å². The van der Waals surface area contributed by atoms with Crippen molar-refractivity contribution in [2.75, 3.05) is 18.0 Å². The zero-order valence-electron chi connectivity index (χ0n) is 11.0. The fourth-order valence-electron chi connectivity index (χ4n) is 2.52. The fraction of sp³-hybridized carbons (Fsp3) is 0.462. The average Bonchev–Trinajstić information content (AvgIpc) is 2.36. The first-order valence-corrected chi connectivity index (χ1v) is 6.21. The minimum absolute atomic E-state index is 0.0558. The monoisotopic (exact) mass is 260 g/mol. The lowest BCUT2D eigenvalue weighted by molar-refractivity contribution is -0.384. The summed E-state index contributed by atoms with van der Waals surface area (Å²) in [5, 5.41) is 23.4. The van der Waals surface area contributed by atoms with Gasteiger partial charge in [0.05, 0.1) is 16.6 Å². The molecule has 0 spiro atoms. The molecule has 100 valence electrons. The van der Waals surface area contributed by atoms with Crippen molar-refractivity contribution in [3.8, 4) is 6.07 Å². The summed E-state index contributed by atoms with van der Waals surface area (Å²) in [6.45, 7) is 5.48. The van der Waals surface area contributed by atoms with Crippen LogP contribution in [0, 0.1) is 21.4 Å². The van der Waals surface area contributed by atoms with Gasteiger partial charge in [0, 0.05) is 31.2 Å². The Bertz CT molecular complexity index is 528. The topological polar surface area (TPSA) is 82.2 Å². The summed E-state index contributed by atoms with van der Waals surface area (Å²) in [6.07, 6.45) is 0. The van der Waals surface area contributed by atoms with E-state index in [-0.39, 0.29) is 17.8 Å². The SMILES string of the molecule is CC1CN(c2cc(C#N)ccc2[N+](=O)[O-])CC(C)N1. The maximum Gasteiger partial charge on any atom is 0.292 e. The molecule has 0 aromatic heterocycles. The Labute approximate surface area is 111 Å². The Balaban J connectivity index is 2.41. The van der Waals surface area contributed by atoms with Crippen LogP contribution in [0.3, 0.4) is 0 Å². The van der Waals surface area contributed by atoms with Crippen LogP contribution >= 0.6 is 0 Å². The summed E-state index contributed by atoms with van der Waals surface area (Å²) >= 11 is 0. The first-order valence-electron chi connectivity index (χ1n) is 6.21. The second-order valence-corrected chi connectivity index (χ2v) is 4.95. The van der Waals surface area contributed by atoms with E-state index >= 15 is 0 Å². The van der Waals surface area contributed by atoms with E-state index in [1.165, 1.54) is 12.1 Å². The first kappa shape index (κ1) is 13.3. The molecule has 6 nitrogen and oxygen atoms in total. The highest BCUT2D eigenvalue weighted by molar-refractivity contribution is 5.66. The van der Waals surface area contributed by atoms with E-state index in [4.69, 9.17) is 5.26 Å². The molecule has 1 N–H and O–H groups in total. The molecule has 1 aliphatic rings. The number of anilines is 1. The van der Waals surface area contributed by atoms with Crippen LogP contribution in [0.15, 0.2) is 18.2 Å². The third-order valence-corrected chi connectivity index (χ3v) is 3.20. The number of hydrogen-bond donors (Lipinski definition) is 1. The van der Waals surface area contributed by atoms with Gasteiger partial charge in [0.2, 0.25) is 0 Å². The standard InChI is InChI=1S/C13H16N4O2/c1-9-7-16(8-10(2)15-9)13-5-11(6-14)3-4-12(13)17(18)19/h3-5,9-10,15H,7-8H2,1-2H3. The molecule has 2 unspecified atom stereocenters. The third kappa shape index (κ3) is 2.83. The Hall–Kier alpha value is -2.13. The normalized spacial score (nSPS) is 22.9. The van der Waals surface area contributed by atoms with Gasteiger partial charge in [-0.3, -0.25) is 10.1 Å². The van der Waals surface area contributed by atoms with Gasteiger partial charge in [-0.1, -0.05) is 0 Å². The lowest BCUT2D eigenvalue weighted by Crippen LogP contribution is -2.54. The number of hydrogen-bond acceptors (Lipinski definition) is 5. The Kier molecular flexibility index (Phi) is 3.67. The van der Waals surface area contributed by atoms with Gasteiger partial charge in [-0.05, 0) is 26.0 Å². The van der Waals surface area contributed by atoms with Crippen molar-refractivity contribution in [2.24, 2.45) is 0 Å². The molecule has 2 rings (SSSR count). The zero-order chi connectivity index (χ0) is 14.0. The van der Waals surface area contributed by atoms with Crippen LogP contribution in [-0.4, -0.2) is 30.1 Å². The average molecular weight is 260 g/mol. The number of nitrogens with one attached hydrogen (secondary N) is 1. The van der Waals surface area contributed by atoms with Gasteiger partial charge in [0.15, 0.2) is 0 Å². The first-order chi connectivity index (χ1) is 9.01. The second kappa shape index (κ2) is 5.24. The molecule has 1 aromatic carbocycles. The number of nitriles is 1. The summed E-state index contributed by atoms with van der Waals surface area (Å²) in [4.78, 5) is 12.7. The molecule has 1 aliphatic heterocycles. The van der Waals surface area contributed by atoms with Gasteiger partial charge in [0.25, 0.3) is 5.69 Å². The molecule has 0 saturated carbocycles. The third-order valence-electron chi connectivity index (χ3n) is 3.20. The van der Waals surface area contributed by atoms with E-state index in [1.54, 1.807) is 6.07 Å². The molecule has 2 atom stereocenters. The summed E-state index contributed by atoms with van der Waals surface area (Å²) in [5.74, 6) is 0. The van der Waals surface area contributed by atoms with Crippen molar-refractivity contribution in [2.45, 2.75) is 25.9 Å². The Morgan fingerprint density at radius 1 is 1.42 bits per heavy atom. The molecule has 0 aliphatic carbocycles. The maximum atomic E-state index is 11.1. The number of nitro benzene ring substituents is 1. The smallest absolute Gasteiger partial charge is 0.292 e. The van der Waals surface area contributed by atoms with Crippen molar-refractivity contribution < 1.29 is 4.92 Å². The molecule has 0 bridgehead atoms. The van der Waals surface area contributed by atoms with E-state index < -0.39 is 4.92 Å². The van der Waals surface area contributed by atoms with Crippen molar-refractivity contribution in [3.05, 3.63) is 33.9 Å². The lowest BCUT2D eigenvalue weighted by atomic mass is 10.1. The summed E-state index contributed by atoms with van der Waals surface area (Å²) in [5.41, 5.74) is 1.03. The molecular formula is C13H16N4O2. The van der Waals surface area contributed by atoms with E-state index in [0.29, 0.717) is 24.3 Å². The summed E-state index contributed by atoms with van der Waals surface area (Å²) < 4.78 is 0. The van der Waals surface area contributed by atoms with Gasteiger partial charge in [-0.25, -0.2) is 0 Å². The van der Waals surface area contributed by atoms with Gasteiger partial charge in [-0.15, -0.1) is 0 Å². The number of piperazine rings is 1. The minimum Gasteiger partial charge on any atom is -0.363 e. The van der Waals surface area contributed by atoms with Crippen LogP contribution in [0.2, 0.25) is 0 Å². The predicted octanol–water partition coefficient (Wildman–Crippen LogP) is 1.65. The highest BCUT2D eigenvalue weighted by atomic mass is 16.6. The van der Waals surface area contributed by atoms with Gasteiger partial charge < -0.3 is 10.2 Å². The molecule has 6 heteroatoms. The lowest BCUT2D eigenvalue weighted by Gasteiger charge is -2.37. The van der Waals surface area contributed by atoms with Gasteiger partial charge in [0.1, 0.15) is 5.69 Å². The number of nitro groups is 1. The second-order valence-electron chi connectivity index (χ2n) is 4.95. The quantitative estimate of drug-likeness (QED) is 0.646. The van der Waals surface area contributed by atoms with Crippen molar-refractivity contribution in [1.29, 1.82) is 5.26 Å². The highest BCUT2D eigenvalue weighted by Gasteiger charge is 2.26. The molecule has 19 heavy (non-hydrogen) atoms. The molecule has 1 saturated heterocycles. The van der Waals surface area contributed by atoms with Gasteiger partial charge >= 0.3 is 0 Å². The molecule has 0 radical (unpaired) electrons. The number of rotatable bonds is 2. The molecule has 1 fully saturated rings. The fourth-order valence-corrected chi connectivity index (χ4v) is 2.52. The highest BCUT2D eigenvalue weighted by Crippen LogP contribution is 2.30. The number of nitrogens with zero attached hydrogens (tertiary/aromatic N) is 3. The van der Waals surface area contributed by atoms with Crippen LogP contribution in [-0.2, 0) is 0 Å². The Morgan fingerprint density at radius 2 is 2.05 bits per heavy atom. The molecular weight excluding hydrogens is 244 g/mol. The van der Waals surface area contributed by atoms with E-state index in [2.05, 4.69) is 5.32 Å². The van der Waals surface area contributed by atoms with Crippen molar-refractivity contribution >= 4 is 11.4 Å². The van der Waals surface area contributed by atoms with Crippen LogP contribution in [0.5, 0.6) is 0 Å². The largest absolute Gasteiger partial charge is 0.363 e. The molecule has 1 heterocycles. The summed E-state index contributed by atoms with van der Waals surface area (Å²) in [6, 6.07) is 7.04. The number of benzene rings is 1. The van der Waals surface area contributed by atoms with E-state index in [9.17, 15) is 10.1 Å². The minimum atomic E-state index is -0.395. The van der Waals surface area contributed by atoms with Crippen LogP contribution in [0.25, 0.3) is 0 Å². The van der Waals surface area contributed by atoms with Crippen LogP contribution in [0.4, 0.5) is 11.4 Å². The van der Waals surface area contributed by atoms with E-state index in [0.717, 1.165) is 0 Å². The molecule has 1 aromatic rings. The van der Waals surface area contributed by atoms with Gasteiger partial charge in [-0.2, -0.15) is 5.26 Å². The predicted molar refractivity (Wildman–Crippen MR) is 72.1 cm³/mol. The summed E-state index contributed by atoms with van der Waals surface area (Å²) in [7, 11) is 0. The Morgan fingerprint density at radius 3 is 2.58 bits per heavy atom. The van der Waals surface area contributed by atoms with Crippen molar-refractivity contribution in [3.63, 3.8) is 0 Å².